The van der Waals surface area contributed by atoms with Crippen molar-refractivity contribution in [1.82, 2.24) is 15.5 Å². The molecule has 0 atom stereocenters. The van der Waals surface area contributed by atoms with Gasteiger partial charge in [0, 0.05) is 37.3 Å². The molecule has 1 fully saturated rings. The van der Waals surface area contributed by atoms with Crippen LogP contribution in [0.15, 0.2) is 59.0 Å². The molecule has 2 aromatic carbocycles. The topological polar surface area (TPSA) is 104 Å². The first-order valence-electron chi connectivity index (χ1n) is 11.1. The zero-order chi connectivity index (χ0) is 23.2. The van der Waals surface area contributed by atoms with Crippen molar-refractivity contribution in [3.8, 4) is 0 Å². The molecule has 0 spiro atoms. The molecule has 0 radical (unpaired) electrons. The Morgan fingerprint density at radius 1 is 1.00 bits per heavy atom. The van der Waals surface area contributed by atoms with Gasteiger partial charge in [-0.15, -0.1) is 0 Å². The van der Waals surface area contributed by atoms with E-state index in [0.717, 1.165) is 36.9 Å². The molecule has 3 aromatic rings. The molecule has 1 aromatic heterocycles. The van der Waals surface area contributed by atoms with Crippen molar-refractivity contribution in [2.45, 2.75) is 25.3 Å². The Morgan fingerprint density at radius 2 is 1.73 bits per heavy atom. The molecule has 0 saturated carbocycles. The number of para-hydroxylation sites is 1. The van der Waals surface area contributed by atoms with Crippen LogP contribution in [0.3, 0.4) is 0 Å². The van der Waals surface area contributed by atoms with Gasteiger partial charge in [0.05, 0.1) is 13.0 Å². The lowest BCUT2D eigenvalue weighted by atomic mass is 10.0. The second kappa shape index (κ2) is 10.3. The Balaban J connectivity index is 1.24. The number of nitrogens with one attached hydrogen (secondary N) is 3. The normalized spacial score (nSPS) is 14.7. The fourth-order valence-electron chi connectivity index (χ4n) is 3.97. The fraction of sp³-hybridized carbons (Fsp3) is 0.320. The van der Waals surface area contributed by atoms with Crippen LogP contribution in [0.4, 0.5) is 5.69 Å². The molecule has 0 unspecified atom stereocenters. The van der Waals surface area contributed by atoms with Crippen LogP contribution in [0.5, 0.6) is 0 Å². The Morgan fingerprint density at radius 3 is 2.42 bits per heavy atom. The van der Waals surface area contributed by atoms with Gasteiger partial charge in [-0.25, -0.2) is 0 Å². The summed E-state index contributed by atoms with van der Waals surface area (Å²) in [5.41, 5.74) is 2.17. The molecule has 1 aliphatic heterocycles. The van der Waals surface area contributed by atoms with Gasteiger partial charge in [0.25, 0.3) is 5.91 Å². The molecule has 172 valence electrons. The highest BCUT2D eigenvalue weighted by atomic mass is 16.3. The Hall–Kier alpha value is -3.65. The third kappa shape index (κ3) is 5.98. The van der Waals surface area contributed by atoms with Gasteiger partial charge in [-0.2, -0.15) is 0 Å². The molecular formula is C25H28N4O4. The van der Waals surface area contributed by atoms with Gasteiger partial charge in [-0.05, 0) is 42.7 Å². The van der Waals surface area contributed by atoms with E-state index < -0.39 is 0 Å². The highest BCUT2D eigenvalue weighted by Gasteiger charge is 2.22. The molecule has 8 heteroatoms. The summed E-state index contributed by atoms with van der Waals surface area (Å²) >= 11 is 0. The SMILES string of the molecule is CNC(=O)CN1CCC(NC(=O)Cc2ccc(NC(=O)c3cc4ccccc4o3)cc2)CC1. The highest BCUT2D eigenvalue weighted by molar-refractivity contribution is 6.04. The molecule has 0 aliphatic carbocycles. The summed E-state index contributed by atoms with van der Waals surface area (Å²) in [6.07, 6.45) is 1.93. The molecule has 33 heavy (non-hydrogen) atoms. The zero-order valence-corrected chi connectivity index (χ0v) is 18.6. The maximum absolute atomic E-state index is 12.5. The van der Waals surface area contributed by atoms with Gasteiger partial charge in [0.2, 0.25) is 11.8 Å². The van der Waals surface area contributed by atoms with E-state index in [9.17, 15) is 14.4 Å². The van der Waals surface area contributed by atoms with Crippen molar-refractivity contribution in [2.75, 3.05) is 32.0 Å². The highest BCUT2D eigenvalue weighted by Crippen LogP contribution is 2.20. The van der Waals surface area contributed by atoms with E-state index in [4.69, 9.17) is 4.42 Å². The number of furan rings is 1. The van der Waals surface area contributed by atoms with Gasteiger partial charge < -0.3 is 20.4 Å². The van der Waals surface area contributed by atoms with Crippen LogP contribution in [0.2, 0.25) is 0 Å². The van der Waals surface area contributed by atoms with E-state index in [2.05, 4.69) is 20.9 Å². The monoisotopic (exact) mass is 448 g/mol. The number of piperidine rings is 1. The third-order valence-corrected chi connectivity index (χ3v) is 5.82. The van der Waals surface area contributed by atoms with Crippen LogP contribution < -0.4 is 16.0 Å². The number of carbonyl (C=O) groups is 3. The summed E-state index contributed by atoms with van der Waals surface area (Å²) in [5, 5.41) is 9.42. The Kier molecular flexibility index (Phi) is 7.04. The summed E-state index contributed by atoms with van der Waals surface area (Å²) in [4.78, 5) is 38.5. The number of anilines is 1. The average Bonchev–Trinajstić information content (AvgIpc) is 3.26. The predicted octanol–water partition coefficient (Wildman–Crippen LogP) is 2.55. The van der Waals surface area contributed by atoms with Crippen LogP contribution >= 0.6 is 0 Å². The number of likely N-dealkylation sites (N-methyl/N-ethyl adjacent to an activating group) is 1. The van der Waals surface area contributed by atoms with Crippen LogP contribution in [0, 0.1) is 0 Å². The maximum Gasteiger partial charge on any atom is 0.291 e. The first-order chi connectivity index (χ1) is 16.0. The van der Waals surface area contributed by atoms with E-state index in [0.29, 0.717) is 17.8 Å². The minimum atomic E-state index is -0.320. The molecule has 3 amide bonds. The van der Waals surface area contributed by atoms with Crippen LogP contribution in [-0.4, -0.2) is 55.3 Å². The number of rotatable bonds is 7. The quantitative estimate of drug-likeness (QED) is 0.515. The van der Waals surface area contributed by atoms with E-state index >= 15 is 0 Å². The van der Waals surface area contributed by atoms with Gasteiger partial charge in [0.1, 0.15) is 5.58 Å². The number of nitrogens with zero attached hydrogens (tertiary/aromatic N) is 1. The van der Waals surface area contributed by atoms with E-state index in [1.54, 1.807) is 25.2 Å². The summed E-state index contributed by atoms with van der Waals surface area (Å²) < 4.78 is 5.59. The number of benzene rings is 2. The van der Waals surface area contributed by atoms with E-state index in [-0.39, 0.29) is 35.9 Å². The molecule has 1 aliphatic rings. The summed E-state index contributed by atoms with van der Waals surface area (Å²) in [7, 11) is 1.64. The second-order valence-electron chi connectivity index (χ2n) is 8.27. The average molecular weight is 449 g/mol. The van der Waals surface area contributed by atoms with Crippen molar-refractivity contribution in [2.24, 2.45) is 0 Å². The van der Waals surface area contributed by atoms with E-state index in [1.807, 2.05) is 36.4 Å². The predicted molar refractivity (Wildman–Crippen MR) is 126 cm³/mol. The molecule has 1 saturated heterocycles. The van der Waals surface area contributed by atoms with Crippen molar-refractivity contribution < 1.29 is 18.8 Å². The largest absolute Gasteiger partial charge is 0.451 e. The lowest BCUT2D eigenvalue weighted by molar-refractivity contribution is -0.123. The fourth-order valence-corrected chi connectivity index (χ4v) is 3.97. The lowest BCUT2D eigenvalue weighted by Crippen LogP contribution is -2.47. The van der Waals surface area contributed by atoms with Crippen LogP contribution in [0.25, 0.3) is 11.0 Å². The molecule has 3 N–H and O–H groups in total. The first kappa shape index (κ1) is 22.5. The summed E-state index contributed by atoms with van der Waals surface area (Å²) in [6, 6.07) is 16.5. The molecule has 8 nitrogen and oxygen atoms in total. The third-order valence-electron chi connectivity index (χ3n) is 5.82. The van der Waals surface area contributed by atoms with Crippen molar-refractivity contribution in [3.05, 3.63) is 65.9 Å². The lowest BCUT2D eigenvalue weighted by Gasteiger charge is -2.31. The minimum absolute atomic E-state index is 0.00899. The first-order valence-corrected chi connectivity index (χ1v) is 11.1. The maximum atomic E-state index is 12.5. The summed E-state index contributed by atoms with van der Waals surface area (Å²) in [5.74, 6) is -0.0889. The smallest absolute Gasteiger partial charge is 0.291 e. The number of hydrogen-bond acceptors (Lipinski definition) is 5. The Labute approximate surface area is 192 Å². The van der Waals surface area contributed by atoms with Gasteiger partial charge in [-0.3, -0.25) is 19.3 Å². The molecule has 4 rings (SSSR count). The molecule has 2 heterocycles. The standard InChI is InChI=1S/C25H28N4O4/c1-26-24(31)16-29-12-10-20(11-13-29)27-23(30)14-17-6-8-19(9-7-17)28-25(32)22-15-18-4-2-3-5-21(18)33-22/h2-9,15,20H,10-14,16H2,1H3,(H,26,31)(H,27,30)(H,28,32). The van der Waals surface area contributed by atoms with E-state index in [1.165, 1.54) is 0 Å². The van der Waals surface area contributed by atoms with Gasteiger partial charge >= 0.3 is 0 Å². The number of carbonyl (C=O) groups excluding carboxylic acids is 3. The Bertz CT molecular complexity index is 1100. The minimum Gasteiger partial charge on any atom is -0.451 e. The number of likely N-dealkylation sites (tertiary alicyclic amines) is 1. The number of amides is 3. The van der Waals surface area contributed by atoms with Gasteiger partial charge in [0.15, 0.2) is 5.76 Å². The van der Waals surface area contributed by atoms with Crippen LogP contribution in [0.1, 0.15) is 29.0 Å². The van der Waals surface area contributed by atoms with Crippen molar-refractivity contribution in [3.63, 3.8) is 0 Å². The second-order valence-corrected chi connectivity index (χ2v) is 8.27. The van der Waals surface area contributed by atoms with Crippen LogP contribution in [-0.2, 0) is 16.0 Å². The molecular weight excluding hydrogens is 420 g/mol. The number of fused-ring (bicyclic) bond motifs is 1. The van der Waals surface area contributed by atoms with Gasteiger partial charge in [-0.1, -0.05) is 30.3 Å². The van der Waals surface area contributed by atoms with Crippen molar-refractivity contribution >= 4 is 34.4 Å². The zero-order valence-electron chi connectivity index (χ0n) is 18.6. The number of hydrogen-bond donors (Lipinski definition) is 3. The summed E-state index contributed by atoms with van der Waals surface area (Å²) in [6.45, 7) is 1.98. The molecule has 0 bridgehead atoms. The van der Waals surface area contributed by atoms with Crippen molar-refractivity contribution in [1.29, 1.82) is 0 Å².